The molecule has 0 atom stereocenters. The highest BCUT2D eigenvalue weighted by Gasteiger charge is 2.04. The number of nitrogens with one attached hydrogen (secondary N) is 1. The van der Waals surface area contributed by atoms with Gasteiger partial charge in [0.15, 0.2) is 0 Å². The first-order chi connectivity index (χ1) is 9.54. The Labute approximate surface area is 121 Å². The Balaban J connectivity index is 1.93. The van der Waals surface area contributed by atoms with Crippen molar-refractivity contribution in [3.63, 3.8) is 0 Å². The smallest absolute Gasteiger partial charge is 0.244 e. The molecule has 1 amide bonds. The maximum absolute atomic E-state index is 12.7. The fourth-order valence-electron chi connectivity index (χ4n) is 1.66. The Morgan fingerprint density at radius 1 is 1.25 bits per heavy atom. The summed E-state index contributed by atoms with van der Waals surface area (Å²) in [5.41, 5.74) is 4.04. The topological polar surface area (TPSA) is 41.5 Å². The van der Waals surface area contributed by atoms with Crippen molar-refractivity contribution in [3.8, 4) is 0 Å². The molecule has 20 heavy (non-hydrogen) atoms. The maximum Gasteiger partial charge on any atom is 0.244 e. The molecule has 1 aromatic carbocycles. The van der Waals surface area contributed by atoms with Crippen LogP contribution in [0, 0.1) is 12.7 Å². The zero-order chi connectivity index (χ0) is 14.5. The number of hydrazone groups is 1. The van der Waals surface area contributed by atoms with Gasteiger partial charge in [-0.05, 0) is 43.7 Å². The van der Waals surface area contributed by atoms with Crippen LogP contribution in [0.4, 0.5) is 4.39 Å². The van der Waals surface area contributed by atoms with Gasteiger partial charge >= 0.3 is 0 Å². The van der Waals surface area contributed by atoms with Crippen molar-refractivity contribution in [1.29, 1.82) is 0 Å². The van der Waals surface area contributed by atoms with E-state index in [9.17, 15) is 9.18 Å². The largest absolute Gasteiger partial charge is 0.273 e. The molecule has 0 saturated carbocycles. The average Bonchev–Trinajstić information content (AvgIpc) is 2.85. The third kappa shape index (κ3) is 3.99. The Morgan fingerprint density at radius 2 is 1.95 bits per heavy atom. The predicted molar refractivity (Wildman–Crippen MR) is 79.5 cm³/mol. The number of hydrogen-bond acceptors (Lipinski definition) is 3. The van der Waals surface area contributed by atoms with Crippen molar-refractivity contribution >= 4 is 23.0 Å². The summed E-state index contributed by atoms with van der Waals surface area (Å²) >= 11 is 1.63. The lowest BCUT2D eigenvalue weighted by Crippen LogP contribution is -2.21. The molecular weight excluding hydrogens is 275 g/mol. The van der Waals surface area contributed by atoms with Gasteiger partial charge in [-0.15, -0.1) is 11.3 Å². The Morgan fingerprint density at radius 3 is 2.55 bits per heavy atom. The molecule has 1 aromatic heterocycles. The fraction of sp³-hybridized carbons (Fsp3) is 0.200. The standard InChI is InChI=1S/C15H15FN2OS/c1-10-3-8-14(20-10)11(2)17-18-15(19)9-12-4-6-13(16)7-5-12/h3-8H,9H2,1-2H3,(H,18,19)/b17-11-. The molecule has 0 fully saturated rings. The normalized spacial score (nSPS) is 11.4. The second kappa shape index (κ2) is 6.43. The minimum absolute atomic E-state index is 0.181. The second-order valence-electron chi connectivity index (χ2n) is 4.45. The minimum atomic E-state index is -0.309. The number of carbonyl (C=O) groups excluding carboxylic acids is 1. The van der Waals surface area contributed by atoms with Crippen LogP contribution in [0.15, 0.2) is 41.5 Å². The molecule has 0 aliphatic rings. The molecule has 0 aliphatic heterocycles. The van der Waals surface area contributed by atoms with Crippen LogP contribution in [0.25, 0.3) is 0 Å². The van der Waals surface area contributed by atoms with E-state index in [0.29, 0.717) is 0 Å². The molecule has 0 aliphatic carbocycles. The molecule has 1 N–H and O–H groups in total. The SMILES string of the molecule is C/C(=N/NC(=O)Cc1ccc(F)cc1)c1ccc(C)s1. The van der Waals surface area contributed by atoms with Crippen LogP contribution >= 0.6 is 11.3 Å². The first kappa shape index (κ1) is 14.4. The third-order valence-electron chi connectivity index (χ3n) is 2.72. The van der Waals surface area contributed by atoms with Gasteiger partial charge in [0, 0.05) is 4.88 Å². The molecule has 2 aromatic rings. The third-order valence-corrected chi connectivity index (χ3v) is 3.83. The first-order valence-corrected chi connectivity index (χ1v) is 7.00. The number of benzene rings is 1. The van der Waals surface area contributed by atoms with Crippen LogP contribution in [0.3, 0.4) is 0 Å². The van der Waals surface area contributed by atoms with Crippen LogP contribution in [0.1, 0.15) is 22.2 Å². The van der Waals surface area contributed by atoms with Crippen LogP contribution in [0.2, 0.25) is 0 Å². The van der Waals surface area contributed by atoms with Gasteiger partial charge in [-0.2, -0.15) is 5.10 Å². The van der Waals surface area contributed by atoms with Crippen LogP contribution in [-0.4, -0.2) is 11.6 Å². The van der Waals surface area contributed by atoms with Crippen molar-refractivity contribution in [3.05, 3.63) is 57.5 Å². The summed E-state index contributed by atoms with van der Waals surface area (Å²) in [6.45, 7) is 3.87. The summed E-state index contributed by atoms with van der Waals surface area (Å²) in [4.78, 5) is 14.0. The molecule has 0 spiro atoms. The van der Waals surface area contributed by atoms with E-state index in [4.69, 9.17) is 0 Å². The summed E-state index contributed by atoms with van der Waals surface area (Å²) < 4.78 is 12.7. The number of carbonyl (C=O) groups is 1. The average molecular weight is 290 g/mol. The zero-order valence-corrected chi connectivity index (χ0v) is 12.1. The van der Waals surface area contributed by atoms with E-state index in [1.54, 1.807) is 23.5 Å². The summed E-state index contributed by atoms with van der Waals surface area (Å²) in [7, 11) is 0. The molecule has 0 bridgehead atoms. The van der Waals surface area contributed by atoms with Gasteiger partial charge in [-0.25, -0.2) is 9.82 Å². The lowest BCUT2D eigenvalue weighted by atomic mass is 10.1. The van der Waals surface area contributed by atoms with Crippen LogP contribution in [-0.2, 0) is 11.2 Å². The summed E-state index contributed by atoms with van der Waals surface area (Å²) in [6, 6.07) is 9.85. The number of amides is 1. The Hall–Kier alpha value is -2.01. The van der Waals surface area contributed by atoms with Crippen molar-refractivity contribution in [1.82, 2.24) is 5.43 Å². The van der Waals surface area contributed by atoms with Gasteiger partial charge in [0.05, 0.1) is 17.0 Å². The molecule has 2 rings (SSSR count). The van der Waals surface area contributed by atoms with Crippen molar-refractivity contribution in [2.45, 2.75) is 20.3 Å². The lowest BCUT2D eigenvalue weighted by molar-refractivity contribution is -0.120. The number of hydrogen-bond donors (Lipinski definition) is 1. The van der Waals surface area contributed by atoms with E-state index in [0.717, 1.165) is 16.2 Å². The number of nitrogens with zero attached hydrogens (tertiary/aromatic N) is 1. The highest BCUT2D eigenvalue weighted by atomic mass is 32.1. The quantitative estimate of drug-likeness (QED) is 0.681. The summed E-state index contributed by atoms with van der Waals surface area (Å²) in [5, 5.41) is 4.07. The van der Waals surface area contributed by atoms with Crippen LogP contribution < -0.4 is 5.43 Å². The van der Waals surface area contributed by atoms with Gasteiger partial charge in [0.2, 0.25) is 5.91 Å². The highest BCUT2D eigenvalue weighted by Crippen LogP contribution is 2.15. The number of thiophene rings is 1. The number of aryl methyl sites for hydroxylation is 1. The summed E-state index contributed by atoms with van der Waals surface area (Å²) in [5.74, 6) is -0.527. The molecule has 0 unspecified atom stereocenters. The fourth-order valence-corrected chi connectivity index (χ4v) is 2.47. The number of halogens is 1. The van der Waals surface area contributed by atoms with Gasteiger partial charge < -0.3 is 0 Å². The zero-order valence-electron chi connectivity index (χ0n) is 11.3. The molecule has 0 saturated heterocycles. The lowest BCUT2D eigenvalue weighted by Gasteiger charge is -2.02. The second-order valence-corrected chi connectivity index (χ2v) is 5.73. The molecular formula is C15H15FN2OS. The van der Waals surface area contributed by atoms with E-state index in [-0.39, 0.29) is 18.1 Å². The maximum atomic E-state index is 12.7. The van der Waals surface area contributed by atoms with E-state index >= 15 is 0 Å². The van der Waals surface area contributed by atoms with Crippen LogP contribution in [0.5, 0.6) is 0 Å². The molecule has 0 radical (unpaired) electrons. The monoisotopic (exact) mass is 290 g/mol. The highest BCUT2D eigenvalue weighted by molar-refractivity contribution is 7.14. The first-order valence-electron chi connectivity index (χ1n) is 6.19. The van der Waals surface area contributed by atoms with Crippen molar-refractivity contribution < 1.29 is 9.18 Å². The van der Waals surface area contributed by atoms with Gasteiger partial charge in [-0.1, -0.05) is 12.1 Å². The van der Waals surface area contributed by atoms with E-state index in [1.807, 2.05) is 26.0 Å². The van der Waals surface area contributed by atoms with Gasteiger partial charge in [-0.3, -0.25) is 4.79 Å². The van der Waals surface area contributed by atoms with E-state index < -0.39 is 0 Å². The molecule has 1 heterocycles. The van der Waals surface area contributed by atoms with E-state index in [2.05, 4.69) is 10.5 Å². The Bertz CT molecular complexity index is 632. The summed E-state index contributed by atoms with van der Waals surface area (Å²) in [6.07, 6.45) is 0.181. The molecule has 5 heteroatoms. The Kier molecular flexibility index (Phi) is 4.63. The number of rotatable bonds is 4. The van der Waals surface area contributed by atoms with Gasteiger partial charge in [0.25, 0.3) is 0 Å². The van der Waals surface area contributed by atoms with E-state index in [1.165, 1.54) is 17.0 Å². The predicted octanol–water partition coefficient (Wildman–Crippen LogP) is 3.28. The minimum Gasteiger partial charge on any atom is -0.273 e. The van der Waals surface area contributed by atoms with Crippen molar-refractivity contribution in [2.75, 3.05) is 0 Å². The molecule has 3 nitrogen and oxygen atoms in total. The van der Waals surface area contributed by atoms with Crippen molar-refractivity contribution in [2.24, 2.45) is 5.10 Å². The molecule has 104 valence electrons. The van der Waals surface area contributed by atoms with Gasteiger partial charge in [0.1, 0.15) is 5.82 Å².